The Kier molecular flexibility index (Phi) is 5.62. The van der Waals surface area contributed by atoms with Gasteiger partial charge in [0.05, 0.1) is 6.54 Å². The largest absolute Gasteiger partial charge is 0.489 e. The maximum atomic E-state index is 12.2. The lowest BCUT2D eigenvalue weighted by atomic mass is 9.95. The standard InChI is InChI=1S/C17H26N2O2/c1-12-5-3-7-15(9-12)21-13(2)11-19-17(20)16-8-4-6-14(16)10-18/h3,5,7,9,13-14,16H,4,6,8,10-11,18H2,1-2H3,(H,19,20)/t13?,14-,16-/m1/s1. The highest BCUT2D eigenvalue weighted by Gasteiger charge is 2.31. The summed E-state index contributed by atoms with van der Waals surface area (Å²) >= 11 is 0. The van der Waals surface area contributed by atoms with E-state index in [4.69, 9.17) is 10.5 Å². The fraction of sp³-hybridized carbons (Fsp3) is 0.588. The molecule has 1 aliphatic rings. The zero-order valence-corrected chi connectivity index (χ0v) is 13.0. The lowest BCUT2D eigenvalue weighted by Crippen LogP contribution is -2.39. The molecule has 4 nitrogen and oxygen atoms in total. The lowest BCUT2D eigenvalue weighted by Gasteiger charge is -2.20. The average molecular weight is 290 g/mol. The van der Waals surface area contributed by atoms with E-state index in [2.05, 4.69) is 5.32 Å². The number of benzene rings is 1. The summed E-state index contributed by atoms with van der Waals surface area (Å²) < 4.78 is 5.82. The molecule has 1 unspecified atom stereocenters. The number of amides is 1. The zero-order chi connectivity index (χ0) is 15.2. The Hall–Kier alpha value is -1.55. The normalized spacial score (nSPS) is 22.8. The molecule has 1 fully saturated rings. The molecule has 1 aliphatic carbocycles. The molecular formula is C17H26N2O2. The molecule has 0 radical (unpaired) electrons. The van der Waals surface area contributed by atoms with Gasteiger partial charge in [0.25, 0.3) is 0 Å². The van der Waals surface area contributed by atoms with Crippen molar-refractivity contribution >= 4 is 5.91 Å². The van der Waals surface area contributed by atoms with Crippen molar-refractivity contribution in [1.82, 2.24) is 5.32 Å². The third kappa shape index (κ3) is 4.46. The van der Waals surface area contributed by atoms with Crippen LogP contribution in [0.2, 0.25) is 0 Å². The second-order valence-electron chi connectivity index (χ2n) is 6.02. The summed E-state index contributed by atoms with van der Waals surface area (Å²) in [6.45, 7) is 5.14. The molecule has 3 N–H and O–H groups in total. The molecule has 116 valence electrons. The molecule has 0 aromatic heterocycles. The van der Waals surface area contributed by atoms with Gasteiger partial charge in [-0.25, -0.2) is 0 Å². The Labute approximate surface area is 127 Å². The van der Waals surface area contributed by atoms with Gasteiger partial charge in [0.15, 0.2) is 0 Å². The van der Waals surface area contributed by atoms with Crippen LogP contribution in [0.25, 0.3) is 0 Å². The summed E-state index contributed by atoms with van der Waals surface area (Å²) in [5.41, 5.74) is 6.90. The predicted molar refractivity (Wildman–Crippen MR) is 84.2 cm³/mol. The number of carbonyl (C=O) groups is 1. The third-order valence-electron chi connectivity index (χ3n) is 4.19. The summed E-state index contributed by atoms with van der Waals surface area (Å²) in [5, 5.41) is 3.00. The van der Waals surface area contributed by atoms with Crippen LogP contribution in [0.5, 0.6) is 5.75 Å². The smallest absolute Gasteiger partial charge is 0.223 e. The summed E-state index contributed by atoms with van der Waals surface area (Å²) in [7, 11) is 0. The second-order valence-corrected chi connectivity index (χ2v) is 6.02. The molecule has 0 spiro atoms. The monoisotopic (exact) mass is 290 g/mol. The minimum absolute atomic E-state index is 0.0477. The lowest BCUT2D eigenvalue weighted by molar-refractivity contribution is -0.126. The van der Waals surface area contributed by atoms with Crippen LogP contribution in [0, 0.1) is 18.8 Å². The minimum atomic E-state index is -0.0477. The van der Waals surface area contributed by atoms with E-state index in [9.17, 15) is 4.79 Å². The van der Waals surface area contributed by atoms with Crippen molar-refractivity contribution < 1.29 is 9.53 Å². The van der Waals surface area contributed by atoms with Crippen molar-refractivity contribution in [2.75, 3.05) is 13.1 Å². The van der Waals surface area contributed by atoms with Crippen molar-refractivity contribution in [2.45, 2.75) is 39.2 Å². The van der Waals surface area contributed by atoms with Crippen LogP contribution < -0.4 is 15.8 Å². The van der Waals surface area contributed by atoms with Crippen LogP contribution in [0.1, 0.15) is 31.7 Å². The van der Waals surface area contributed by atoms with Crippen molar-refractivity contribution in [1.29, 1.82) is 0 Å². The predicted octanol–water partition coefficient (Wildman–Crippen LogP) is 2.25. The Morgan fingerprint density at radius 1 is 1.48 bits per heavy atom. The van der Waals surface area contributed by atoms with Gasteiger partial charge >= 0.3 is 0 Å². The fourth-order valence-electron chi connectivity index (χ4n) is 3.00. The highest BCUT2D eigenvalue weighted by molar-refractivity contribution is 5.79. The van der Waals surface area contributed by atoms with Crippen molar-refractivity contribution in [3.63, 3.8) is 0 Å². The molecule has 1 amide bonds. The summed E-state index contributed by atoms with van der Waals surface area (Å²) in [6, 6.07) is 7.94. The molecule has 21 heavy (non-hydrogen) atoms. The molecule has 4 heteroatoms. The van der Waals surface area contributed by atoms with E-state index in [0.29, 0.717) is 19.0 Å². The number of hydrogen-bond acceptors (Lipinski definition) is 3. The highest BCUT2D eigenvalue weighted by atomic mass is 16.5. The van der Waals surface area contributed by atoms with Gasteiger partial charge in [-0.2, -0.15) is 0 Å². The first kappa shape index (κ1) is 15.8. The van der Waals surface area contributed by atoms with E-state index in [0.717, 1.165) is 25.0 Å². The van der Waals surface area contributed by atoms with Gasteiger partial charge in [-0.05, 0) is 56.8 Å². The SMILES string of the molecule is Cc1cccc(OC(C)CNC(=O)[C@@H]2CCC[C@@H]2CN)c1. The van der Waals surface area contributed by atoms with Gasteiger partial charge in [-0.3, -0.25) is 4.79 Å². The first-order valence-electron chi connectivity index (χ1n) is 7.81. The molecule has 0 bridgehead atoms. The topological polar surface area (TPSA) is 64.3 Å². The Morgan fingerprint density at radius 2 is 2.29 bits per heavy atom. The number of hydrogen-bond donors (Lipinski definition) is 2. The van der Waals surface area contributed by atoms with E-state index in [1.165, 1.54) is 5.56 Å². The molecular weight excluding hydrogens is 264 g/mol. The zero-order valence-electron chi connectivity index (χ0n) is 13.0. The minimum Gasteiger partial charge on any atom is -0.489 e. The molecule has 1 saturated carbocycles. The number of aryl methyl sites for hydroxylation is 1. The summed E-state index contributed by atoms with van der Waals surface area (Å²) in [4.78, 5) is 12.2. The van der Waals surface area contributed by atoms with Gasteiger partial charge < -0.3 is 15.8 Å². The summed E-state index contributed by atoms with van der Waals surface area (Å²) in [6.07, 6.45) is 3.09. The Bertz CT molecular complexity index is 476. The first-order valence-corrected chi connectivity index (χ1v) is 7.81. The number of rotatable bonds is 6. The maximum Gasteiger partial charge on any atom is 0.223 e. The Balaban J connectivity index is 1.78. The molecule has 0 saturated heterocycles. The van der Waals surface area contributed by atoms with Crippen LogP contribution in [-0.2, 0) is 4.79 Å². The molecule has 0 heterocycles. The highest BCUT2D eigenvalue weighted by Crippen LogP contribution is 2.30. The number of nitrogens with one attached hydrogen (secondary N) is 1. The molecule has 1 aromatic rings. The van der Waals surface area contributed by atoms with Gasteiger partial charge in [-0.1, -0.05) is 18.6 Å². The van der Waals surface area contributed by atoms with Gasteiger partial charge in [0.1, 0.15) is 11.9 Å². The van der Waals surface area contributed by atoms with Crippen LogP contribution in [-0.4, -0.2) is 25.1 Å². The quantitative estimate of drug-likeness (QED) is 0.844. The van der Waals surface area contributed by atoms with E-state index in [1.54, 1.807) is 0 Å². The molecule has 1 aromatic carbocycles. The van der Waals surface area contributed by atoms with Gasteiger partial charge in [0.2, 0.25) is 5.91 Å². The van der Waals surface area contributed by atoms with Crippen molar-refractivity contribution in [3.8, 4) is 5.75 Å². The van der Waals surface area contributed by atoms with E-state index in [1.807, 2.05) is 38.1 Å². The van der Waals surface area contributed by atoms with Crippen LogP contribution in [0.15, 0.2) is 24.3 Å². The van der Waals surface area contributed by atoms with Crippen LogP contribution in [0.4, 0.5) is 0 Å². The summed E-state index contributed by atoms with van der Waals surface area (Å²) in [5.74, 6) is 1.40. The van der Waals surface area contributed by atoms with Crippen LogP contribution in [0.3, 0.4) is 0 Å². The number of nitrogens with two attached hydrogens (primary N) is 1. The van der Waals surface area contributed by atoms with E-state index in [-0.39, 0.29) is 17.9 Å². The van der Waals surface area contributed by atoms with Crippen molar-refractivity contribution in [3.05, 3.63) is 29.8 Å². The third-order valence-corrected chi connectivity index (χ3v) is 4.19. The molecule has 2 rings (SSSR count). The molecule has 0 aliphatic heterocycles. The molecule has 3 atom stereocenters. The second kappa shape index (κ2) is 7.46. The van der Waals surface area contributed by atoms with Gasteiger partial charge in [-0.15, -0.1) is 0 Å². The van der Waals surface area contributed by atoms with Crippen molar-refractivity contribution in [2.24, 2.45) is 17.6 Å². The first-order chi connectivity index (χ1) is 10.1. The van der Waals surface area contributed by atoms with Gasteiger partial charge in [0, 0.05) is 5.92 Å². The Morgan fingerprint density at radius 3 is 3.00 bits per heavy atom. The van der Waals surface area contributed by atoms with E-state index >= 15 is 0 Å². The number of carbonyl (C=O) groups excluding carboxylic acids is 1. The van der Waals surface area contributed by atoms with E-state index < -0.39 is 0 Å². The number of ether oxygens (including phenoxy) is 1. The fourth-order valence-corrected chi connectivity index (χ4v) is 3.00. The maximum absolute atomic E-state index is 12.2. The van der Waals surface area contributed by atoms with Crippen LogP contribution >= 0.6 is 0 Å². The average Bonchev–Trinajstić information content (AvgIpc) is 2.93.